The first-order valence-electron chi connectivity index (χ1n) is 9.85. The number of hydrogen-bond donors (Lipinski definition) is 1. The van der Waals surface area contributed by atoms with Crippen LogP contribution in [-0.4, -0.2) is 29.7 Å². The molecule has 2 heterocycles. The average Bonchev–Trinajstić information content (AvgIpc) is 2.68. The molecule has 0 radical (unpaired) electrons. The molecule has 4 nitrogen and oxygen atoms in total. The van der Waals surface area contributed by atoms with Gasteiger partial charge in [0.05, 0.1) is 0 Å². The van der Waals surface area contributed by atoms with Gasteiger partial charge in [0.1, 0.15) is 0 Å². The number of allylic oxidation sites excluding steroid dienone is 3. The lowest BCUT2D eigenvalue weighted by molar-refractivity contribution is -0.128. The Morgan fingerprint density at radius 3 is 2.48 bits per heavy atom. The van der Waals surface area contributed by atoms with E-state index in [4.69, 9.17) is 0 Å². The minimum Gasteiger partial charge on any atom is -0.362 e. The second-order valence-corrected chi connectivity index (χ2v) is 8.59. The average molecular weight is 429 g/mol. The third-order valence-corrected chi connectivity index (χ3v) is 6.38. The van der Waals surface area contributed by atoms with Crippen molar-refractivity contribution in [2.75, 3.05) is 13.1 Å². The molecule has 4 rings (SSSR count). The van der Waals surface area contributed by atoms with Crippen LogP contribution in [0.25, 0.3) is 0 Å². The molecular weight excluding hydrogens is 404 g/mol. The van der Waals surface area contributed by atoms with Gasteiger partial charge in [0.15, 0.2) is 5.78 Å². The van der Waals surface area contributed by atoms with E-state index < -0.39 is 0 Å². The molecule has 0 saturated carbocycles. The minimum absolute atomic E-state index is 0.0811. The SMILES string of the molecule is CC1=C(C(=O)N2CCCCC2)[C@H](c2ccc(Br)cc2)C2=C(CCCC2=O)N1. The van der Waals surface area contributed by atoms with Crippen molar-refractivity contribution in [3.8, 4) is 0 Å². The molecule has 27 heavy (non-hydrogen) atoms. The number of hydrogen-bond acceptors (Lipinski definition) is 3. The van der Waals surface area contributed by atoms with E-state index in [0.717, 1.165) is 71.3 Å². The molecule has 5 heteroatoms. The van der Waals surface area contributed by atoms with E-state index in [-0.39, 0.29) is 17.6 Å². The minimum atomic E-state index is -0.267. The maximum atomic E-state index is 13.5. The van der Waals surface area contributed by atoms with Crippen molar-refractivity contribution in [1.29, 1.82) is 0 Å². The van der Waals surface area contributed by atoms with Crippen molar-refractivity contribution in [3.05, 3.63) is 56.8 Å². The number of nitrogens with zero attached hydrogens (tertiary/aromatic N) is 1. The maximum Gasteiger partial charge on any atom is 0.252 e. The van der Waals surface area contributed by atoms with E-state index in [1.807, 2.05) is 36.1 Å². The predicted octanol–water partition coefficient (Wildman–Crippen LogP) is 4.43. The van der Waals surface area contributed by atoms with Crippen molar-refractivity contribution in [1.82, 2.24) is 10.2 Å². The van der Waals surface area contributed by atoms with Crippen LogP contribution < -0.4 is 5.32 Å². The summed E-state index contributed by atoms with van der Waals surface area (Å²) in [5.74, 6) is -0.0118. The lowest BCUT2D eigenvalue weighted by atomic mass is 9.75. The lowest BCUT2D eigenvalue weighted by Gasteiger charge is -2.37. The van der Waals surface area contributed by atoms with Gasteiger partial charge in [-0.15, -0.1) is 0 Å². The highest BCUT2D eigenvalue weighted by Crippen LogP contribution is 2.43. The first-order chi connectivity index (χ1) is 13.1. The molecule has 0 bridgehead atoms. The molecule has 1 amide bonds. The number of ketones is 1. The fraction of sp³-hybridized carbons (Fsp3) is 0.455. The highest BCUT2D eigenvalue weighted by molar-refractivity contribution is 9.10. The zero-order chi connectivity index (χ0) is 19.0. The van der Waals surface area contributed by atoms with Gasteiger partial charge in [-0.05, 0) is 56.7 Å². The Labute approximate surface area is 168 Å². The van der Waals surface area contributed by atoms with E-state index in [9.17, 15) is 9.59 Å². The Bertz CT molecular complexity index is 832. The van der Waals surface area contributed by atoms with Crippen LogP contribution in [0.2, 0.25) is 0 Å². The van der Waals surface area contributed by atoms with Gasteiger partial charge in [0.25, 0.3) is 5.91 Å². The van der Waals surface area contributed by atoms with E-state index in [2.05, 4.69) is 21.2 Å². The molecule has 0 spiro atoms. The number of benzene rings is 1. The fourth-order valence-electron chi connectivity index (χ4n) is 4.52. The molecule has 1 saturated heterocycles. The smallest absolute Gasteiger partial charge is 0.252 e. The quantitative estimate of drug-likeness (QED) is 0.757. The molecule has 1 aromatic carbocycles. The van der Waals surface area contributed by atoms with Crippen LogP contribution in [0.15, 0.2) is 51.3 Å². The number of halogens is 1. The van der Waals surface area contributed by atoms with Crippen molar-refractivity contribution >= 4 is 27.6 Å². The first-order valence-corrected chi connectivity index (χ1v) is 10.6. The Kier molecular flexibility index (Phi) is 5.22. The van der Waals surface area contributed by atoms with Crippen LogP contribution >= 0.6 is 15.9 Å². The molecular formula is C22H25BrN2O2. The fourth-order valence-corrected chi connectivity index (χ4v) is 4.79. The van der Waals surface area contributed by atoms with Crippen LogP contribution in [-0.2, 0) is 9.59 Å². The van der Waals surface area contributed by atoms with Gasteiger partial charge >= 0.3 is 0 Å². The zero-order valence-electron chi connectivity index (χ0n) is 15.7. The number of rotatable bonds is 2. The summed E-state index contributed by atoms with van der Waals surface area (Å²) < 4.78 is 0.994. The van der Waals surface area contributed by atoms with Gasteiger partial charge in [0, 0.05) is 52.4 Å². The predicted molar refractivity (Wildman–Crippen MR) is 109 cm³/mol. The maximum absolute atomic E-state index is 13.5. The summed E-state index contributed by atoms with van der Waals surface area (Å²) in [7, 11) is 0. The highest BCUT2D eigenvalue weighted by Gasteiger charge is 2.39. The van der Waals surface area contributed by atoms with E-state index >= 15 is 0 Å². The summed E-state index contributed by atoms with van der Waals surface area (Å²) >= 11 is 3.49. The Hall–Kier alpha value is -1.88. The van der Waals surface area contributed by atoms with Crippen molar-refractivity contribution in [2.24, 2.45) is 0 Å². The normalized spacial score (nSPS) is 23.3. The van der Waals surface area contributed by atoms with Gasteiger partial charge in [-0.1, -0.05) is 28.1 Å². The number of likely N-dealkylation sites (tertiary alicyclic amines) is 1. The molecule has 1 aliphatic carbocycles. The highest BCUT2D eigenvalue weighted by atomic mass is 79.9. The standard InChI is InChI=1S/C22H25BrN2O2/c1-14-19(22(27)25-12-3-2-4-13-25)20(15-8-10-16(23)11-9-15)21-17(24-14)6-5-7-18(21)26/h8-11,20,24H,2-7,12-13H2,1H3/t20-/m0/s1. The monoisotopic (exact) mass is 428 g/mol. The molecule has 1 fully saturated rings. The lowest BCUT2D eigenvalue weighted by Crippen LogP contribution is -2.42. The van der Waals surface area contributed by atoms with E-state index in [1.54, 1.807) is 0 Å². The van der Waals surface area contributed by atoms with Gasteiger partial charge in [-0.2, -0.15) is 0 Å². The van der Waals surface area contributed by atoms with Crippen LogP contribution in [0.3, 0.4) is 0 Å². The number of carbonyl (C=O) groups excluding carboxylic acids is 2. The number of piperidine rings is 1. The molecule has 0 aromatic heterocycles. The van der Waals surface area contributed by atoms with Crippen LogP contribution in [0.1, 0.15) is 56.9 Å². The van der Waals surface area contributed by atoms with E-state index in [0.29, 0.717) is 6.42 Å². The summed E-state index contributed by atoms with van der Waals surface area (Å²) in [5.41, 5.74) is 4.46. The topological polar surface area (TPSA) is 49.4 Å². The molecule has 142 valence electrons. The molecule has 1 N–H and O–H groups in total. The Morgan fingerprint density at radius 1 is 1.07 bits per heavy atom. The number of carbonyl (C=O) groups is 2. The summed E-state index contributed by atoms with van der Waals surface area (Å²) in [4.78, 5) is 28.3. The summed E-state index contributed by atoms with van der Waals surface area (Å²) in [5, 5.41) is 3.41. The number of dihydropyridines is 1. The van der Waals surface area contributed by atoms with Gasteiger partial charge < -0.3 is 10.2 Å². The van der Waals surface area contributed by atoms with Crippen molar-refractivity contribution in [2.45, 2.75) is 51.4 Å². The Morgan fingerprint density at radius 2 is 1.78 bits per heavy atom. The summed E-state index contributed by atoms with van der Waals surface area (Å²) in [6, 6.07) is 8.04. The van der Waals surface area contributed by atoms with Crippen molar-refractivity contribution in [3.63, 3.8) is 0 Å². The Balaban J connectivity index is 1.80. The van der Waals surface area contributed by atoms with Crippen LogP contribution in [0, 0.1) is 0 Å². The second kappa shape index (κ2) is 7.63. The molecule has 1 aromatic rings. The number of amides is 1. The molecule has 0 unspecified atom stereocenters. The first kappa shape index (κ1) is 18.5. The van der Waals surface area contributed by atoms with Crippen LogP contribution in [0.5, 0.6) is 0 Å². The molecule has 3 aliphatic rings. The van der Waals surface area contributed by atoms with Crippen LogP contribution in [0.4, 0.5) is 0 Å². The van der Waals surface area contributed by atoms with Gasteiger partial charge in [-0.3, -0.25) is 9.59 Å². The number of Topliss-reactive ketones (excluding diaryl/α,β-unsaturated/α-hetero) is 1. The third kappa shape index (κ3) is 3.49. The largest absolute Gasteiger partial charge is 0.362 e. The second-order valence-electron chi connectivity index (χ2n) is 7.67. The number of nitrogens with one attached hydrogen (secondary N) is 1. The summed E-state index contributed by atoms with van der Waals surface area (Å²) in [6.07, 6.45) is 5.61. The van der Waals surface area contributed by atoms with E-state index in [1.165, 1.54) is 6.42 Å². The van der Waals surface area contributed by atoms with Crippen molar-refractivity contribution < 1.29 is 9.59 Å². The zero-order valence-corrected chi connectivity index (χ0v) is 17.3. The van der Waals surface area contributed by atoms with Gasteiger partial charge in [-0.25, -0.2) is 0 Å². The third-order valence-electron chi connectivity index (χ3n) is 5.85. The molecule has 1 atom stereocenters. The summed E-state index contributed by atoms with van der Waals surface area (Å²) in [6.45, 7) is 3.59. The molecule has 2 aliphatic heterocycles. The van der Waals surface area contributed by atoms with Gasteiger partial charge in [0.2, 0.25) is 0 Å².